The average molecular weight is 633 g/mol. The Morgan fingerprint density at radius 2 is 1.77 bits per heavy atom. The molecule has 1 aromatic carbocycles. The molecule has 0 spiro atoms. The number of para-hydroxylation sites is 2. The number of amides is 1. The summed E-state index contributed by atoms with van der Waals surface area (Å²) < 4.78 is 63.1. The summed E-state index contributed by atoms with van der Waals surface area (Å²) in [6.07, 6.45) is -4.68. The van der Waals surface area contributed by atoms with Crippen molar-refractivity contribution >= 4 is 39.8 Å². The number of aromatic nitrogens is 4. The van der Waals surface area contributed by atoms with Crippen LogP contribution in [-0.4, -0.2) is 55.7 Å². The van der Waals surface area contributed by atoms with Gasteiger partial charge in [-0.3, -0.25) is 14.1 Å². The number of anilines is 1. The van der Waals surface area contributed by atoms with Crippen LogP contribution in [0.25, 0.3) is 11.0 Å². The maximum atomic E-state index is 14.1. The second kappa shape index (κ2) is 12.6. The van der Waals surface area contributed by atoms with Crippen LogP contribution >= 0.6 is 0 Å². The number of fused-ring (bicyclic) bond motifs is 1. The number of benzene rings is 1. The highest BCUT2D eigenvalue weighted by Crippen LogP contribution is 2.40. The molecule has 234 valence electrons. The summed E-state index contributed by atoms with van der Waals surface area (Å²) in [5.41, 5.74) is 0.688. The standard InChI is InChI=1S/C29H30F3N5O6S/c1-17-20(33-14-12-22(17)42-16-29(30,31)32)15-44(41)25-35-19-10-6-7-11-21(19)37(25)26(38)36(5)24-18(9-8-13-34-24)23(28(2,3)4)43-27(39)40/h6-14,23H,15-16H2,1-5H3,(H,39,40)/p-1/t23?,44-/m1/s1. The van der Waals surface area contributed by atoms with Crippen molar-refractivity contribution in [3.8, 4) is 5.75 Å². The largest absolute Gasteiger partial charge is 0.541 e. The Bertz CT molecular complexity index is 1720. The molecular weight excluding hydrogens is 603 g/mol. The molecule has 4 rings (SSSR count). The predicted octanol–water partition coefficient (Wildman–Crippen LogP) is 4.94. The number of nitrogens with zero attached hydrogens (tertiary/aromatic N) is 5. The van der Waals surface area contributed by atoms with Crippen molar-refractivity contribution < 1.29 is 41.5 Å². The summed E-state index contributed by atoms with van der Waals surface area (Å²) in [6.45, 7) is 5.25. The van der Waals surface area contributed by atoms with E-state index in [4.69, 9.17) is 9.47 Å². The van der Waals surface area contributed by atoms with Gasteiger partial charge >= 0.3 is 12.2 Å². The number of hydrogen-bond donors (Lipinski definition) is 0. The molecule has 0 N–H and O–H groups in total. The number of carboxylic acid groups (broad SMARTS) is 1. The quantitative estimate of drug-likeness (QED) is 0.247. The monoisotopic (exact) mass is 632 g/mol. The van der Waals surface area contributed by atoms with Crippen molar-refractivity contribution in [1.82, 2.24) is 19.5 Å². The first-order valence-corrected chi connectivity index (χ1v) is 14.5. The molecule has 0 aliphatic carbocycles. The van der Waals surface area contributed by atoms with E-state index in [2.05, 4.69) is 15.0 Å². The summed E-state index contributed by atoms with van der Waals surface area (Å²) >= 11 is 0. The van der Waals surface area contributed by atoms with Crippen LogP contribution < -0.4 is 14.7 Å². The zero-order valence-corrected chi connectivity index (χ0v) is 25.2. The Morgan fingerprint density at radius 1 is 1.07 bits per heavy atom. The molecule has 0 radical (unpaired) electrons. The highest BCUT2D eigenvalue weighted by molar-refractivity contribution is 7.84. The lowest BCUT2D eigenvalue weighted by Crippen LogP contribution is -2.36. The van der Waals surface area contributed by atoms with E-state index in [0.29, 0.717) is 16.6 Å². The van der Waals surface area contributed by atoms with Crippen LogP contribution in [0.15, 0.2) is 60.0 Å². The Hall–Kier alpha value is -4.53. The fourth-order valence-electron chi connectivity index (χ4n) is 4.49. The van der Waals surface area contributed by atoms with Gasteiger partial charge in [0.2, 0.25) is 5.16 Å². The molecule has 3 aromatic heterocycles. The van der Waals surface area contributed by atoms with Crippen LogP contribution in [0, 0.1) is 12.3 Å². The molecule has 44 heavy (non-hydrogen) atoms. The van der Waals surface area contributed by atoms with Crippen molar-refractivity contribution in [2.24, 2.45) is 5.41 Å². The smallest absolute Gasteiger partial charge is 0.422 e. The summed E-state index contributed by atoms with van der Waals surface area (Å²) in [5.74, 6) is -0.265. The van der Waals surface area contributed by atoms with E-state index in [1.807, 2.05) is 0 Å². The third kappa shape index (κ3) is 7.15. The fourth-order valence-corrected chi connectivity index (χ4v) is 5.74. The zero-order valence-electron chi connectivity index (χ0n) is 24.4. The van der Waals surface area contributed by atoms with E-state index in [1.165, 1.54) is 32.4 Å². The third-order valence-corrected chi connectivity index (χ3v) is 7.76. The van der Waals surface area contributed by atoms with E-state index < -0.39 is 47.3 Å². The molecule has 0 fully saturated rings. The Labute approximate surface area is 253 Å². The van der Waals surface area contributed by atoms with Gasteiger partial charge in [-0.1, -0.05) is 39.0 Å². The number of carbonyl (C=O) groups excluding carboxylic acids is 2. The van der Waals surface area contributed by atoms with E-state index in [9.17, 15) is 32.1 Å². The Balaban J connectivity index is 1.74. The number of halogens is 3. The molecule has 11 nitrogen and oxygen atoms in total. The molecule has 15 heteroatoms. The first kappa shape index (κ1) is 32.4. The topological polar surface area (TPSA) is 140 Å². The normalized spacial score (nSPS) is 13.4. The zero-order chi connectivity index (χ0) is 32.4. The van der Waals surface area contributed by atoms with E-state index >= 15 is 0 Å². The van der Waals surface area contributed by atoms with Crippen LogP contribution in [0.2, 0.25) is 0 Å². The van der Waals surface area contributed by atoms with Crippen LogP contribution in [0.1, 0.15) is 43.7 Å². The minimum atomic E-state index is -4.55. The molecule has 4 aromatic rings. The van der Waals surface area contributed by atoms with Crippen molar-refractivity contribution in [1.29, 1.82) is 0 Å². The maximum absolute atomic E-state index is 14.1. The van der Waals surface area contributed by atoms with Crippen LogP contribution in [0.3, 0.4) is 0 Å². The van der Waals surface area contributed by atoms with Gasteiger partial charge < -0.3 is 19.4 Å². The number of hydrogen-bond acceptors (Lipinski definition) is 9. The Kier molecular flexibility index (Phi) is 9.27. The summed E-state index contributed by atoms with van der Waals surface area (Å²) in [5, 5.41) is 11.3. The van der Waals surface area contributed by atoms with Crippen molar-refractivity contribution in [2.45, 2.75) is 50.9 Å². The van der Waals surface area contributed by atoms with Gasteiger partial charge in [-0.15, -0.1) is 0 Å². The lowest BCUT2D eigenvalue weighted by atomic mass is 9.84. The molecular formula is C29H29F3N5O6S-. The number of ether oxygens (including phenoxy) is 2. The van der Waals surface area contributed by atoms with Crippen molar-refractivity contribution in [2.75, 3.05) is 18.6 Å². The number of imidazole rings is 1. The van der Waals surface area contributed by atoms with Crippen LogP contribution in [0.4, 0.5) is 28.6 Å². The molecule has 3 heterocycles. The highest BCUT2D eigenvalue weighted by Gasteiger charge is 2.33. The molecule has 0 aliphatic rings. The fraction of sp³-hybridized carbons (Fsp3) is 0.345. The SMILES string of the molecule is Cc1c(OCC(F)(F)F)ccnc1C[S@@](=O)c1nc2ccccc2n1C(=O)N(C)c1ncccc1C(OC(=O)[O-])C(C)(C)C. The lowest BCUT2D eigenvalue weighted by Gasteiger charge is -2.36. The van der Waals surface area contributed by atoms with Gasteiger partial charge in [0.25, 0.3) is 6.16 Å². The van der Waals surface area contributed by atoms with Gasteiger partial charge in [-0.25, -0.2) is 19.3 Å². The first-order chi connectivity index (χ1) is 20.6. The molecule has 0 aliphatic heterocycles. The number of pyridine rings is 2. The summed E-state index contributed by atoms with van der Waals surface area (Å²) in [4.78, 5) is 39.6. The predicted molar refractivity (Wildman–Crippen MR) is 152 cm³/mol. The Morgan fingerprint density at radius 3 is 2.43 bits per heavy atom. The highest BCUT2D eigenvalue weighted by atomic mass is 32.2. The lowest BCUT2D eigenvalue weighted by molar-refractivity contribution is -0.292. The third-order valence-electron chi connectivity index (χ3n) is 6.55. The first-order valence-electron chi connectivity index (χ1n) is 13.2. The second-order valence-corrected chi connectivity index (χ2v) is 12.2. The molecule has 1 unspecified atom stereocenters. The number of alkyl halides is 3. The van der Waals surface area contributed by atoms with Gasteiger partial charge in [-0.05, 0) is 36.6 Å². The minimum absolute atomic E-state index is 0.0662. The average Bonchev–Trinajstić information content (AvgIpc) is 3.34. The molecule has 0 bridgehead atoms. The molecule has 0 saturated heterocycles. The number of rotatable bonds is 8. The molecule has 2 atom stereocenters. The molecule has 0 saturated carbocycles. The molecule has 1 amide bonds. The van der Waals surface area contributed by atoms with E-state index in [-0.39, 0.29) is 33.7 Å². The van der Waals surface area contributed by atoms with Gasteiger partial charge in [0.15, 0.2) is 6.61 Å². The van der Waals surface area contributed by atoms with Crippen LogP contribution in [0.5, 0.6) is 5.75 Å². The van der Waals surface area contributed by atoms with Gasteiger partial charge in [0.05, 0.1) is 39.4 Å². The van der Waals surface area contributed by atoms with Crippen LogP contribution in [-0.2, 0) is 21.3 Å². The van der Waals surface area contributed by atoms with E-state index in [1.54, 1.807) is 57.2 Å². The second-order valence-electron chi connectivity index (χ2n) is 10.9. The van der Waals surface area contributed by atoms with Gasteiger partial charge in [0, 0.05) is 30.6 Å². The van der Waals surface area contributed by atoms with Crippen molar-refractivity contribution in [3.63, 3.8) is 0 Å². The van der Waals surface area contributed by atoms with Gasteiger partial charge in [-0.2, -0.15) is 13.2 Å². The van der Waals surface area contributed by atoms with Gasteiger partial charge in [0.1, 0.15) is 11.6 Å². The summed E-state index contributed by atoms with van der Waals surface area (Å²) in [6, 6.07) is 10.3. The number of carbonyl (C=O) groups is 2. The minimum Gasteiger partial charge on any atom is -0.541 e. The van der Waals surface area contributed by atoms with Crippen molar-refractivity contribution in [3.05, 3.63) is 71.7 Å². The summed E-state index contributed by atoms with van der Waals surface area (Å²) in [7, 11) is -0.596. The van der Waals surface area contributed by atoms with E-state index in [0.717, 1.165) is 9.47 Å². The maximum Gasteiger partial charge on any atom is 0.422 e.